The summed E-state index contributed by atoms with van der Waals surface area (Å²) in [5.41, 5.74) is -0.974. The average Bonchev–Trinajstić information content (AvgIpc) is 2.41. The Balaban J connectivity index is 2.39. The van der Waals surface area contributed by atoms with Gasteiger partial charge in [-0.25, -0.2) is 0 Å². The predicted molar refractivity (Wildman–Crippen MR) is 99.5 cm³/mol. The van der Waals surface area contributed by atoms with Gasteiger partial charge in [-0.05, 0) is 66.9 Å². The summed E-state index contributed by atoms with van der Waals surface area (Å²) in [6.45, 7) is 21.9. The Hall–Kier alpha value is -0.880. The third-order valence-corrected chi connectivity index (χ3v) is 5.81. The fourth-order valence-corrected chi connectivity index (χ4v) is 5.19. The molecule has 2 aliphatic heterocycles. The van der Waals surface area contributed by atoms with Crippen LogP contribution in [-0.4, -0.2) is 48.8 Å². The molecule has 0 radical (unpaired) electrons. The van der Waals surface area contributed by atoms with Crippen molar-refractivity contribution in [3.63, 3.8) is 0 Å². The summed E-state index contributed by atoms with van der Waals surface area (Å²) in [6.07, 6.45) is 2.67. The van der Waals surface area contributed by atoms with E-state index in [4.69, 9.17) is 4.74 Å². The molecule has 2 aliphatic rings. The van der Waals surface area contributed by atoms with Crippen molar-refractivity contribution in [3.05, 3.63) is 24.5 Å². The first-order valence-electron chi connectivity index (χ1n) is 9.13. The van der Waals surface area contributed by atoms with Gasteiger partial charge in [-0.1, -0.05) is 13.2 Å². The molecule has 1 unspecified atom stereocenters. The van der Waals surface area contributed by atoms with Crippen molar-refractivity contribution in [1.82, 2.24) is 10.1 Å². The van der Waals surface area contributed by atoms with Crippen LogP contribution < -0.4 is 0 Å². The van der Waals surface area contributed by atoms with Crippen molar-refractivity contribution >= 4 is 0 Å². The van der Waals surface area contributed by atoms with Crippen LogP contribution in [-0.2, 0) is 4.74 Å². The van der Waals surface area contributed by atoms with Gasteiger partial charge in [0, 0.05) is 29.5 Å². The highest BCUT2D eigenvalue weighted by Gasteiger charge is 2.60. The van der Waals surface area contributed by atoms with Gasteiger partial charge < -0.3 is 15.2 Å². The smallest absolute Gasteiger partial charge is 0.114 e. The first-order chi connectivity index (χ1) is 11.1. The molecule has 0 bridgehead atoms. The zero-order valence-corrected chi connectivity index (χ0v) is 17.0. The summed E-state index contributed by atoms with van der Waals surface area (Å²) >= 11 is 0. The van der Waals surface area contributed by atoms with Crippen LogP contribution in [0.4, 0.5) is 0 Å². The van der Waals surface area contributed by atoms with Crippen molar-refractivity contribution in [2.45, 2.75) is 102 Å². The quantitative estimate of drug-likeness (QED) is 0.578. The van der Waals surface area contributed by atoms with Gasteiger partial charge in [0.1, 0.15) is 11.9 Å². The minimum atomic E-state index is -0.464. The van der Waals surface area contributed by atoms with Crippen LogP contribution in [0.2, 0.25) is 0 Å². The monoisotopic (exact) mass is 352 g/mol. The van der Waals surface area contributed by atoms with E-state index in [1.54, 1.807) is 5.06 Å². The maximum absolute atomic E-state index is 11.2. The van der Waals surface area contributed by atoms with Gasteiger partial charge in [-0.15, -0.1) is 0 Å². The molecule has 1 atom stereocenters. The molecular formula is C20H36N2O3. The normalized spacial score (nSPS) is 30.8. The van der Waals surface area contributed by atoms with Crippen molar-refractivity contribution in [1.29, 1.82) is 0 Å². The van der Waals surface area contributed by atoms with Crippen LogP contribution in [0.25, 0.3) is 0 Å². The third-order valence-electron chi connectivity index (χ3n) is 5.81. The molecule has 2 N–H and O–H groups in total. The van der Waals surface area contributed by atoms with Gasteiger partial charge in [-0.3, -0.25) is 0 Å². The molecule has 2 fully saturated rings. The molecule has 25 heavy (non-hydrogen) atoms. The van der Waals surface area contributed by atoms with E-state index < -0.39 is 22.2 Å². The molecule has 2 heterocycles. The van der Waals surface area contributed by atoms with Gasteiger partial charge in [0.15, 0.2) is 0 Å². The van der Waals surface area contributed by atoms with E-state index in [1.807, 2.05) is 48.5 Å². The van der Waals surface area contributed by atoms with Gasteiger partial charge in [0.25, 0.3) is 0 Å². The molecule has 5 nitrogen and oxygen atoms in total. The minimum absolute atomic E-state index is 0.0422. The Morgan fingerprint density at radius 2 is 1.36 bits per heavy atom. The Bertz CT molecular complexity index is 547. The largest absolute Gasteiger partial charge is 0.491 e. The molecule has 0 aromatic heterocycles. The number of hydroxylamine groups is 4. The van der Waals surface area contributed by atoms with Crippen molar-refractivity contribution in [2.24, 2.45) is 0 Å². The van der Waals surface area contributed by atoms with E-state index in [9.17, 15) is 10.4 Å². The highest BCUT2D eigenvalue weighted by molar-refractivity contribution is 5.18. The summed E-state index contributed by atoms with van der Waals surface area (Å²) in [5.74, 6) is 0.612. The molecular weight excluding hydrogens is 316 g/mol. The topological polar surface area (TPSA) is 56.2 Å². The maximum atomic E-state index is 11.2. The van der Waals surface area contributed by atoms with Crippen molar-refractivity contribution < 1.29 is 15.2 Å². The molecule has 144 valence electrons. The van der Waals surface area contributed by atoms with Crippen LogP contribution >= 0.6 is 0 Å². The highest BCUT2D eigenvalue weighted by atomic mass is 16.5. The van der Waals surface area contributed by atoms with Crippen LogP contribution in [0.1, 0.15) is 74.1 Å². The third kappa shape index (κ3) is 3.65. The summed E-state index contributed by atoms with van der Waals surface area (Å²) in [7, 11) is 0. The number of piperidine rings is 2. The number of hydrogen-bond acceptors (Lipinski definition) is 5. The number of allylic oxidation sites excluding steroid dienone is 1. The van der Waals surface area contributed by atoms with E-state index in [0.29, 0.717) is 31.4 Å². The number of hydrogen-bond donors (Lipinski definition) is 2. The number of rotatable bonds is 3. The van der Waals surface area contributed by atoms with Crippen LogP contribution in [0.5, 0.6) is 0 Å². The second-order valence-electron chi connectivity index (χ2n) is 9.99. The lowest BCUT2D eigenvalue weighted by Gasteiger charge is -2.63. The molecule has 1 spiro atoms. The predicted octanol–water partition coefficient (Wildman–Crippen LogP) is 4.51. The molecule has 5 heteroatoms. The van der Waals surface area contributed by atoms with Gasteiger partial charge in [0.2, 0.25) is 0 Å². The molecule has 2 saturated heterocycles. The summed E-state index contributed by atoms with van der Waals surface area (Å²) in [6, 6.07) is 0. The second kappa shape index (κ2) is 6.08. The molecule has 0 aromatic carbocycles. The lowest BCUT2D eigenvalue weighted by atomic mass is 9.64. The highest BCUT2D eigenvalue weighted by Crippen LogP contribution is 2.52. The number of nitrogens with zero attached hydrogens (tertiary/aromatic N) is 2. The standard InChI is InChI=1S/C20H36N2O3/c1-14(2)15(3)25-16-10-17(4,5)22(24)20(11-16)12-18(6,7)21(23)19(8,9)13-20/h16,23-24H,1,3,10-13H2,2,4-9H3. The lowest BCUT2D eigenvalue weighted by Crippen LogP contribution is -2.73. The Kier molecular flexibility index (Phi) is 4.97. The SMILES string of the molecule is C=C(C)C(=C)OC1CC(C)(C)N(O)C2(C1)CC(C)(C)N(O)C(C)(C)C2. The van der Waals surface area contributed by atoms with E-state index in [1.165, 1.54) is 5.06 Å². The Morgan fingerprint density at radius 1 is 0.880 bits per heavy atom. The van der Waals surface area contributed by atoms with E-state index in [-0.39, 0.29) is 6.10 Å². The Morgan fingerprint density at radius 3 is 1.80 bits per heavy atom. The second-order valence-corrected chi connectivity index (χ2v) is 9.99. The Labute approximate surface area is 152 Å². The lowest BCUT2D eigenvalue weighted by molar-refractivity contribution is -0.331. The summed E-state index contributed by atoms with van der Waals surface area (Å²) < 4.78 is 6.12. The molecule has 0 aliphatic carbocycles. The van der Waals surface area contributed by atoms with E-state index in [0.717, 1.165) is 5.57 Å². The van der Waals surface area contributed by atoms with Crippen LogP contribution in [0.15, 0.2) is 24.5 Å². The first-order valence-corrected chi connectivity index (χ1v) is 9.13. The molecule has 0 aromatic rings. The van der Waals surface area contributed by atoms with Crippen LogP contribution in [0, 0.1) is 0 Å². The zero-order valence-electron chi connectivity index (χ0n) is 17.0. The first kappa shape index (κ1) is 20.4. The molecule has 0 amide bonds. The van der Waals surface area contributed by atoms with Gasteiger partial charge >= 0.3 is 0 Å². The molecule has 2 rings (SSSR count). The van der Waals surface area contributed by atoms with Gasteiger partial charge in [-0.2, -0.15) is 10.1 Å². The maximum Gasteiger partial charge on any atom is 0.114 e. The van der Waals surface area contributed by atoms with Crippen molar-refractivity contribution in [2.75, 3.05) is 0 Å². The van der Waals surface area contributed by atoms with E-state index >= 15 is 0 Å². The minimum Gasteiger partial charge on any atom is -0.491 e. The fourth-order valence-electron chi connectivity index (χ4n) is 5.19. The number of ether oxygens (including phenoxy) is 1. The molecule has 0 saturated carbocycles. The summed E-state index contributed by atoms with van der Waals surface area (Å²) in [4.78, 5) is 0. The van der Waals surface area contributed by atoms with Gasteiger partial charge in [0.05, 0.1) is 5.54 Å². The average molecular weight is 353 g/mol. The zero-order chi connectivity index (χ0) is 19.4. The van der Waals surface area contributed by atoms with Crippen LogP contribution in [0.3, 0.4) is 0 Å². The summed E-state index contributed by atoms with van der Waals surface area (Å²) in [5, 5.41) is 24.8. The fraction of sp³-hybridized carbons (Fsp3) is 0.800. The van der Waals surface area contributed by atoms with Crippen molar-refractivity contribution in [3.8, 4) is 0 Å². The van der Waals surface area contributed by atoms with E-state index in [2.05, 4.69) is 13.2 Å².